The van der Waals surface area contributed by atoms with Gasteiger partial charge in [0, 0.05) is 31.2 Å². The highest BCUT2D eigenvalue weighted by Crippen LogP contribution is 2.30. The summed E-state index contributed by atoms with van der Waals surface area (Å²) in [5.41, 5.74) is 0. The molecular formula is C13H23N3S. The van der Waals surface area contributed by atoms with E-state index in [1.807, 2.05) is 24.2 Å². The summed E-state index contributed by atoms with van der Waals surface area (Å²) < 4.78 is 2.10. The quantitative estimate of drug-likeness (QED) is 0.791. The number of thioether (sulfide) groups is 1. The Hall–Kier alpha value is -0.480. The van der Waals surface area contributed by atoms with E-state index in [-0.39, 0.29) is 0 Å². The summed E-state index contributed by atoms with van der Waals surface area (Å²) in [5.74, 6) is 2.07. The summed E-state index contributed by atoms with van der Waals surface area (Å²) in [6.45, 7) is 3.31. The first-order valence-electron chi connectivity index (χ1n) is 6.64. The van der Waals surface area contributed by atoms with E-state index in [4.69, 9.17) is 0 Å². The lowest BCUT2D eigenvalue weighted by Crippen LogP contribution is -2.32. The highest BCUT2D eigenvalue weighted by Gasteiger charge is 2.25. The predicted molar refractivity (Wildman–Crippen MR) is 73.4 cm³/mol. The minimum atomic E-state index is 0.766. The van der Waals surface area contributed by atoms with Gasteiger partial charge in [0.05, 0.1) is 0 Å². The van der Waals surface area contributed by atoms with Crippen LogP contribution in [0.5, 0.6) is 0 Å². The van der Waals surface area contributed by atoms with Crippen molar-refractivity contribution in [1.29, 1.82) is 0 Å². The second kappa shape index (κ2) is 6.45. The van der Waals surface area contributed by atoms with Gasteiger partial charge in [-0.1, -0.05) is 25.1 Å². The van der Waals surface area contributed by atoms with E-state index in [0.29, 0.717) is 0 Å². The van der Waals surface area contributed by atoms with E-state index in [1.165, 1.54) is 31.4 Å². The Bertz CT molecular complexity index is 337. The minimum Gasteiger partial charge on any atom is -0.329 e. The highest BCUT2D eigenvalue weighted by molar-refractivity contribution is 7.99. The molecule has 2 rings (SSSR count). The molecule has 1 heterocycles. The summed E-state index contributed by atoms with van der Waals surface area (Å²) in [5, 5.41) is 4.76. The molecular weight excluding hydrogens is 230 g/mol. The first-order valence-corrected chi connectivity index (χ1v) is 7.63. The van der Waals surface area contributed by atoms with Crippen LogP contribution in [0, 0.1) is 5.92 Å². The Morgan fingerprint density at radius 3 is 3.12 bits per heavy atom. The number of aryl methyl sites for hydroxylation is 1. The number of nitrogens with zero attached hydrogens (tertiary/aromatic N) is 2. The first kappa shape index (κ1) is 13.0. The maximum atomic E-state index is 4.35. The van der Waals surface area contributed by atoms with Crippen molar-refractivity contribution in [3.8, 4) is 0 Å². The van der Waals surface area contributed by atoms with Gasteiger partial charge in [0.2, 0.25) is 0 Å². The van der Waals surface area contributed by atoms with Gasteiger partial charge >= 0.3 is 0 Å². The molecule has 2 atom stereocenters. The Morgan fingerprint density at radius 2 is 2.41 bits per heavy atom. The molecule has 0 spiro atoms. The lowest BCUT2D eigenvalue weighted by molar-refractivity contribution is 0.400. The normalized spacial score (nSPS) is 24.4. The molecule has 1 aliphatic carbocycles. The topological polar surface area (TPSA) is 29.9 Å². The van der Waals surface area contributed by atoms with Gasteiger partial charge in [0.15, 0.2) is 5.16 Å². The smallest absolute Gasteiger partial charge is 0.167 e. The van der Waals surface area contributed by atoms with Gasteiger partial charge in [0.25, 0.3) is 0 Å². The Morgan fingerprint density at radius 1 is 1.53 bits per heavy atom. The lowest BCUT2D eigenvalue weighted by atomic mass is 10.0. The molecule has 1 N–H and O–H groups in total. The fourth-order valence-electron chi connectivity index (χ4n) is 2.71. The molecule has 3 nitrogen and oxygen atoms in total. The molecule has 0 bridgehead atoms. The first-order chi connectivity index (χ1) is 8.31. The number of nitrogens with one attached hydrogen (secondary N) is 1. The van der Waals surface area contributed by atoms with Gasteiger partial charge < -0.3 is 9.88 Å². The fraction of sp³-hybridized carbons (Fsp3) is 0.769. The average molecular weight is 253 g/mol. The second-order valence-electron chi connectivity index (χ2n) is 4.81. The number of aromatic nitrogens is 2. The van der Waals surface area contributed by atoms with E-state index >= 15 is 0 Å². The number of imidazole rings is 1. The monoisotopic (exact) mass is 253 g/mol. The van der Waals surface area contributed by atoms with Crippen molar-refractivity contribution in [3.63, 3.8) is 0 Å². The minimum absolute atomic E-state index is 0.766. The van der Waals surface area contributed by atoms with Crippen molar-refractivity contribution in [2.24, 2.45) is 13.0 Å². The SMILES string of the molecule is CCNC1CCCC1CCSc1nccn1C. The lowest BCUT2D eigenvalue weighted by Gasteiger charge is -2.19. The molecule has 1 aliphatic rings. The maximum Gasteiger partial charge on any atom is 0.167 e. The van der Waals surface area contributed by atoms with Crippen LogP contribution >= 0.6 is 11.8 Å². The van der Waals surface area contributed by atoms with E-state index in [2.05, 4.69) is 28.8 Å². The number of hydrogen-bond donors (Lipinski definition) is 1. The van der Waals surface area contributed by atoms with Crippen LogP contribution < -0.4 is 5.32 Å². The third-order valence-electron chi connectivity index (χ3n) is 3.62. The van der Waals surface area contributed by atoms with Crippen molar-refractivity contribution in [2.75, 3.05) is 12.3 Å². The van der Waals surface area contributed by atoms with Gasteiger partial charge in [-0.05, 0) is 31.7 Å². The van der Waals surface area contributed by atoms with Gasteiger partial charge in [-0.25, -0.2) is 4.98 Å². The third kappa shape index (κ3) is 3.49. The van der Waals surface area contributed by atoms with Crippen LogP contribution in [0.3, 0.4) is 0 Å². The van der Waals surface area contributed by atoms with Gasteiger partial charge in [0.1, 0.15) is 0 Å². The zero-order valence-corrected chi connectivity index (χ0v) is 11.7. The van der Waals surface area contributed by atoms with Crippen LogP contribution in [-0.4, -0.2) is 27.9 Å². The van der Waals surface area contributed by atoms with E-state index in [0.717, 1.165) is 23.7 Å². The molecule has 4 heteroatoms. The van der Waals surface area contributed by atoms with Crippen molar-refractivity contribution < 1.29 is 0 Å². The summed E-state index contributed by atoms with van der Waals surface area (Å²) in [7, 11) is 2.06. The predicted octanol–water partition coefficient (Wildman–Crippen LogP) is 2.68. The summed E-state index contributed by atoms with van der Waals surface area (Å²) in [4.78, 5) is 4.35. The second-order valence-corrected chi connectivity index (χ2v) is 5.88. The zero-order valence-electron chi connectivity index (χ0n) is 10.9. The van der Waals surface area contributed by atoms with Crippen LogP contribution in [0.4, 0.5) is 0 Å². The van der Waals surface area contributed by atoms with Crippen molar-refractivity contribution in [2.45, 2.75) is 43.8 Å². The molecule has 17 heavy (non-hydrogen) atoms. The molecule has 1 fully saturated rings. The van der Waals surface area contributed by atoms with E-state index in [9.17, 15) is 0 Å². The van der Waals surface area contributed by atoms with Gasteiger partial charge in [-0.2, -0.15) is 0 Å². The molecule has 0 aromatic carbocycles. The Labute approximate surface area is 108 Å². The molecule has 1 aromatic rings. The van der Waals surface area contributed by atoms with Crippen LogP contribution in [-0.2, 0) is 7.05 Å². The molecule has 0 radical (unpaired) electrons. The van der Waals surface area contributed by atoms with Crippen molar-refractivity contribution >= 4 is 11.8 Å². The summed E-state index contributed by atoms with van der Waals surface area (Å²) in [6, 6.07) is 0.766. The number of rotatable bonds is 6. The Kier molecular flexibility index (Phi) is 4.92. The maximum absolute atomic E-state index is 4.35. The molecule has 96 valence electrons. The fourth-order valence-corrected chi connectivity index (χ4v) is 3.71. The van der Waals surface area contributed by atoms with Crippen LogP contribution in [0.1, 0.15) is 32.6 Å². The van der Waals surface area contributed by atoms with Crippen LogP contribution in [0.15, 0.2) is 17.6 Å². The van der Waals surface area contributed by atoms with E-state index < -0.39 is 0 Å². The van der Waals surface area contributed by atoms with Crippen molar-refractivity contribution in [1.82, 2.24) is 14.9 Å². The van der Waals surface area contributed by atoms with E-state index in [1.54, 1.807) is 0 Å². The molecule has 2 unspecified atom stereocenters. The summed E-state index contributed by atoms with van der Waals surface area (Å²) in [6.07, 6.45) is 9.37. The number of hydrogen-bond acceptors (Lipinski definition) is 3. The largest absolute Gasteiger partial charge is 0.329 e. The van der Waals surface area contributed by atoms with Crippen molar-refractivity contribution in [3.05, 3.63) is 12.4 Å². The Balaban J connectivity index is 1.73. The molecule has 0 saturated heterocycles. The molecule has 1 aromatic heterocycles. The van der Waals surface area contributed by atoms with Gasteiger partial charge in [-0.3, -0.25) is 0 Å². The highest BCUT2D eigenvalue weighted by atomic mass is 32.2. The summed E-state index contributed by atoms with van der Waals surface area (Å²) >= 11 is 1.88. The van der Waals surface area contributed by atoms with Crippen LogP contribution in [0.2, 0.25) is 0 Å². The standard InChI is InChI=1S/C13H23N3S/c1-3-14-12-6-4-5-11(12)7-10-17-13-15-8-9-16(13)2/h8-9,11-12,14H,3-7,10H2,1-2H3. The molecule has 0 amide bonds. The van der Waals surface area contributed by atoms with Gasteiger partial charge in [-0.15, -0.1) is 0 Å². The van der Waals surface area contributed by atoms with Crippen LogP contribution in [0.25, 0.3) is 0 Å². The molecule has 0 aliphatic heterocycles. The third-order valence-corrected chi connectivity index (χ3v) is 4.71. The molecule has 1 saturated carbocycles. The zero-order chi connectivity index (χ0) is 12.1. The average Bonchev–Trinajstić information content (AvgIpc) is 2.90.